The van der Waals surface area contributed by atoms with E-state index in [4.69, 9.17) is 4.74 Å². The van der Waals surface area contributed by atoms with Gasteiger partial charge in [-0.25, -0.2) is 9.48 Å². The van der Waals surface area contributed by atoms with Crippen molar-refractivity contribution in [3.05, 3.63) is 78.4 Å². The van der Waals surface area contributed by atoms with Crippen molar-refractivity contribution in [1.29, 1.82) is 0 Å². The standard InChI is InChI=1S/C25H22F3N9O4/c26-25(27,28)41-19-6-3-5-18(12-19)40-24(39)31-21-7-8-22(34-33-21)36-11-9-17(14-36)37-15-20(32-35-37)23(38)30-13-16-4-1-2-10-29-16/h1-8,10,12,15,17H,9,11,13-14H2,(H,30,38)(H,31,33,39). The first-order chi connectivity index (χ1) is 19.7. The van der Waals surface area contributed by atoms with E-state index in [0.29, 0.717) is 18.9 Å². The van der Waals surface area contributed by atoms with Crippen molar-refractivity contribution < 1.29 is 32.2 Å². The van der Waals surface area contributed by atoms with Crippen LogP contribution >= 0.6 is 0 Å². The molecule has 1 saturated heterocycles. The molecule has 1 aliphatic rings. The predicted octanol–water partition coefficient (Wildman–Crippen LogP) is 3.35. The van der Waals surface area contributed by atoms with Gasteiger partial charge >= 0.3 is 12.5 Å². The number of benzene rings is 1. The van der Waals surface area contributed by atoms with Gasteiger partial charge in [-0.1, -0.05) is 17.3 Å². The number of hydrogen-bond acceptors (Lipinski definition) is 10. The molecule has 4 aromatic rings. The number of carbonyl (C=O) groups is 2. The van der Waals surface area contributed by atoms with Gasteiger partial charge in [-0.05, 0) is 42.8 Å². The van der Waals surface area contributed by atoms with Crippen molar-refractivity contribution in [2.45, 2.75) is 25.4 Å². The minimum Gasteiger partial charge on any atom is -0.410 e. The number of nitrogens with zero attached hydrogens (tertiary/aromatic N) is 7. The number of hydrogen-bond donors (Lipinski definition) is 2. The molecule has 212 valence electrons. The zero-order chi connectivity index (χ0) is 28.8. The fourth-order valence-corrected chi connectivity index (χ4v) is 4.02. The van der Waals surface area contributed by atoms with Gasteiger partial charge in [0, 0.05) is 25.4 Å². The second kappa shape index (κ2) is 11.8. The predicted molar refractivity (Wildman–Crippen MR) is 136 cm³/mol. The molecule has 1 fully saturated rings. The number of carbonyl (C=O) groups excluding carboxylic acids is 2. The normalized spacial score (nSPS) is 14.9. The summed E-state index contributed by atoms with van der Waals surface area (Å²) in [5.41, 5.74) is 0.921. The summed E-state index contributed by atoms with van der Waals surface area (Å²) in [5, 5.41) is 21.3. The van der Waals surface area contributed by atoms with E-state index in [1.54, 1.807) is 29.2 Å². The molecular weight excluding hydrogens is 547 g/mol. The number of amides is 2. The number of rotatable bonds is 8. The van der Waals surface area contributed by atoms with Crippen molar-refractivity contribution in [1.82, 2.24) is 35.5 Å². The molecule has 2 amide bonds. The van der Waals surface area contributed by atoms with Crippen LogP contribution in [0, 0.1) is 0 Å². The summed E-state index contributed by atoms with van der Waals surface area (Å²) >= 11 is 0. The zero-order valence-electron chi connectivity index (χ0n) is 21.2. The van der Waals surface area contributed by atoms with Crippen molar-refractivity contribution in [2.75, 3.05) is 23.3 Å². The van der Waals surface area contributed by atoms with Gasteiger partial charge in [0.05, 0.1) is 24.5 Å². The van der Waals surface area contributed by atoms with E-state index in [2.05, 4.69) is 40.9 Å². The summed E-state index contributed by atoms with van der Waals surface area (Å²) in [6.07, 6.45) is -1.87. The third kappa shape index (κ3) is 7.43. The van der Waals surface area contributed by atoms with Crippen LogP contribution in [0.5, 0.6) is 11.5 Å². The average Bonchev–Trinajstić information content (AvgIpc) is 3.63. The number of nitrogens with one attached hydrogen (secondary N) is 2. The number of ether oxygens (including phenoxy) is 2. The molecule has 16 heteroatoms. The second-order valence-electron chi connectivity index (χ2n) is 8.79. The highest BCUT2D eigenvalue weighted by atomic mass is 19.4. The Morgan fingerprint density at radius 3 is 2.63 bits per heavy atom. The average molecular weight is 570 g/mol. The van der Waals surface area contributed by atoms with Crippen LogP contribution in [-0.4, -0.2) is 61.6 Å². The highest BCUT2D eigenvalue weighted by molar-refractivity contribution is 5.91. The van der Waals surface area contributed by atoms with Gasteiger partial charge in [0.1, 0.15) is 11.5 Å². The van der Waals surface area contributed by atoms with Crippen molar-refractivity contribution in [2.24, 2.45) is 0 Å². The molecule has 13 nitrogen and oxygen atoms in total. The van der Waals surface area contributed by atoms with Crippen LogP contribution in [0.15, 0.2) is 67.0 Å². The Morgan fingerprint density at radius 1 is 1.02 bits per heavy atom. The highest BCUT2D eigenvalue weighted by Gasteiger charge is 2.31. The molecular formula is C25H22F3N9O4. The van der Waals surface area contributed by atoms with Crippen LogP contribution in [0.4, 0.5) is 29.6 Å². The summed E-state index contributed by atoms with van der Waals surface area (Å²) in [6, 6.07) is 13.1. The molecule has 0 spiro atoms. The summed E-state index contributed by atoms with van der Waals surface area (Å²) in [7, 11) is 0. The third-order valence-corrected chi connectivity index (χ3v) is 5.89. The van der Waals surface area contributed by atoms with Crippen LogP contribution in [0.1, 0.15) is 28.6 Å². The van der Waals surface area contributed by atoms with E-state index in [9.17, 15) is 22.8 Å². The van der Waals surface area contributed by atoms with Crippen LogP contribution < -0.4 is 25.0 Å². The topological polar surface area (TPSA) is 149 Å². The fraction of sp³-hybridized carbons (Fsp3) is 0.240. The van der Waals surface area contributed by atoms with E-state index in [1.807, 2.05) is 17.0 Å². The fourth-order valence-electron chi connectivity index (χ4n) is 4.02. The summed E-state index contributed by atoms with van der Waals surface area (Å²) in [6.45, 7) is 1.46. The quantitative estimate of drug-likeness (QED) is 0.324. The molecule has 41 heavy (non-hydrogen) atoms. The SMILES string of the molecule is O=C(Nc1ccc(N2CCC(n3cc(C(=O)NCc4ccccn4)nn3)C2)nn1)Oc1cccc(OC(F)(F)F)c1. The van der Waals surface area contributed by atoms with Gasteiger partial charge in [-0.2, -0.15) is 0 Å². The Balaban J connectivity index is 1.11. The molecule has 2 N–H and O–H groups in total. The van der Waals surface area contributed by atoms with Crippen molar-refractivity contribution in [3.63, 3.8) is 0 Å². The van der Waals surface area contributed by atoms with Gasteiger partial charge < -0.3 is 19.7 Å². The Labute approximate surface area is 230 Å². The summed E-state index contributed by atoms with van der Waals surface area (Å²) in [4.78, 5) is 30.7. The van der Waals surface area contributed by atoms with Crippen LogP contribution in [0.2, 0.25) is 0 Å². The van der Waals surface area contributed by atoms with Crippen molar-refractivity contribution in [3.8, 4) is 11.5 Å². The molecule has 4 heterocycles. The number of halogens is 3. The van der Waals surface area contributed by atoms with Crippen molar-refractivity contribution >= 4 is 23.6 Å². The van der Waals surface area contributed by atoms with Gasteiger partial charge in [0.2, 0.25) is 0 Å². The minimum absolute atomic E-state index is 0.0495. The third-order valence-electron chi connectivity index (χ3n) is 5.89. The van der Waals surface area contributed by atoms with Crippen LogP contribution in [-0.2, 0) is 6.54 Å². The Bertz CT molecular complexity index is 1500. The molecule has 0 saturated carbocycles. The largest absolute Gasteiger partial charge is 0.573 e. The molecule has 1 unspecified atom stereocenters. The van der Waals surface area contributed by atoms with Crippen LogP contribution in [0.3, 0.4) is 0 Å². The number of pyridine rings is 1. The van der Waals surface area contributed by atoms with Crippen LogP contribution in [0.25, 0.3) is 0 Å². The smallest absolute Gasteiger partial charge is 0.410 e. The van der Waals surface area contributed by atoms with E-state index < -0.39 is 18.2 Å². The zero-order valence-corrected chi connectivity index (χ0v) is 21.2. The number of anilines is 2. The Kier molecular flexibility index (Phi) is 7.89. The number of aromatic nitrogens is 6. The molecule has 5 rings (SSSR count). The molecule has 1 aromatic carbocycles. The molecule has 1 atom stereocenters. The second-order valence-corrected chi connectivity index (χ2v) is 8.79. The molecule has 3 aromatic heterocycles. The van der Waals surface area contributed by atoms with Gasteiger partial charge in [-0.3, -0.25) is 15.1 Å². The van der Waals surface area contributed by atoms with Gasteiger partial charge in [0.15, 0.2) is 17.3 Å². The lowest BCUT2D eigenvalue weighted by molar-refractivity contribution is -0.274. The van der Waals surface area contributed by atoms with E-state index in [-0.39, 0.29) is 35.8 Å². The minimum atomic E-state index is -4.87. The van der Waals surface area contributed by atoms with E-state index in [1.165, 1.54) is 18.2 Å². The lowest BCUT2D eigenvalue weighted by Crippen LogP contribution is -2.24. The lowest BCUT2D eigenvalue weighted by atomic mass is 10.3. The monoisotopic (exact) mass is 569 g/mol. The Hall–Kier alpha value is -5.28. The maximum atomic E-state index is 12.4. The summed E-state index contributed by atoms with van der Waals surface area (Å²) < 4.78 is 47.6. The maximum absolute atomic E-state index is 12.4. The number of alkyl halides is 3. The molecule has 0 aliphatic carbocycles. The molecule has 0 bridgehead atoms. The molecule has 0 radical (unpaired) electrons. The van der Waals surface area contributed by atoms with Gasteiger partial charge in [-0.15, -0.1) is 28.5 Å². The lowest BCUT2D eigenvalue weighted by Gasteiger charge is -2.17. The first-order valence-corrected chi connectivity index (χ1v) is 12.2. The highest BCUT2D eigenvalue weighted by Crippen LogP contribution is 2.27. The van der Waals surface area contributed by atoms with E-state index >= 15 is 0 Å². The maximum Gasteiger partial charge on any atom is 0.573 e. The molecule has 1 aliphatic heterocycles. The Morgan fingerprint density at radius 2 is 1.88 bits per heavy atom. The summed E-state index contributed by atoms with van der Waals surface area (Å²) in [5.74, 6) is -0.404. The van der Waals surface area contributed by atoms with E-state index in [0.717, 1.165) is 24.2 Å². The first-order valence-electron chi connectivity index (χ1n) is 12.2. The van der Waals surface area contributed by atoms with Gasteiger partial charge in [0.25, 0.3) is 5.91 Å². The first kappa shape index (κ1) is 27.3.